The number of benzene rings is 1. The summed E-state index contributed by atoms with van der Waals surface area (Å²) < 4.78 is 2.07. The van der Waals surface area contributed by atoms with Gasteiger partial charge in [-0.3, -0.25) is 4.98 Å². The minimum atomic E-state index is -0.129. The van der Waals surface area contributed by atoms with Crippen molar-refractivity contribution in [3.63, 3.8) is 0 Å². The second-order valence-electron chi connectivity index (χ2n) is 6.36. The number of pyridine rings is 1. The highest BCUT2D eigenvalue weighted by Gasteiger charge is 2.40. The highest BCUT2D eigenvalue weighted by Crippen LogP contribution is 2.39. The number of aliphatic hydroxyl groups is 1. The predicted molar refractivity (Wildman–Crippen MR) is 107 cm³/mol. The smallest absolute Gasteiger partial charge is 0.170 e. The Labute approximate surface area is 162 Å². The van der Waals surface area contributed by atoms with E-state index < -0.39 is 0 Å². The van der Waals surface area contributed by atoms with E-state index in [2.05, 4.69) is 14.9 Å². The number of aromatic nitrogens is 2. The third-order valence-corrected chi connectivity index (χ3v) is 5.10. The van der Waals surface area contributed by atoms with Gasteiger partial charge < -0.3 is 25.0 Å². The van der Waals surface area contributed by atoms with Crippen LogP contribution in [-0.4, -0.2) is 42.9 Å². The molecule has 6 nitrogen and oxygen atoms in total. The van der Waals surface area contributed by atoms with Gasteiger partial charge in [0.15, 0.2) is 5.11 Å². The lowest BCUT2D eigenvalue weighted by Gasteiger charge is -2.28. The quantitative estimate of drug-likeness (QED) is 0.591. The molecule has 0 unspecified atom stereocenters. The van der Waals surface area contributed by atoms with Crippen LogP contribution < -0.4 is 5.32 Å². The number of hydrogen-bond donors (Lipinski definition) is 3. The average Bonchev–Trinajstić information content (AvgIpc) is 3.28. The van der Waals surface area contributed by atoms with E-state index in [0.717, 1.165) is 17.1 Å². The molecule has 1 aliphatic heterocycles. The molecule has 1 saturated heterocycles. The lowest BCUT2D eigenvalue weighted by Crippen LogP contribution is -2.32. The Hall–Kier alpha value is -2.90. The van der Waals surface area contributed by atoms with Gasteiger partial charge in [-0.1, -0.05) is 6.07 Å². The molecule has 1 aromatic carbocycles. The molecule has 2 atom stereocenters. The summed E-state index contributed by atoms with van der Waals surface area (Å²) in [4.78, 5) is 6.51. The molecule has 3 aromatic rings. The van der Waals surface area contributed by atoms with Gasteiger partial charge in [-0.05, 0) is 60.7 Å². The standard InChI is InChI=1S/C20H20N4O2S/c25-13-12-24-19(18(22-20(24)27)16-4-1-2-10-21-16)17-5-3-11-23(17)14-6-8-15(26)9-7-14/h1-11,18-19,25-26H,12-13H2,(H,22,27)/t18-,19-/m0/s1. The van der Waals surface area contributed by atoms with Gasteiger partial charge in [0, 0.05) is 30.3 Å². The minimum absolute atomic E-state index is 0.00712. The first-order valence-electron chi connectivity index (χ1n) is 8.74. The Kier molecular flexibility index (Phi) is 4.79. The maximum atomic E-state index is 9.59. The van der Waals surface area contributed by atoms with Crippen molar-refractivity contribution in [3.8, 4) is 11.4 Å². The van der Waals surface area contributed by atoms with Gasteiger partial charge in [-0.25, -0.2) is 0 Å². The SMILES string of the molecule is OCCN1C(=S)N[C@@H](c2ccccn2)[C@@H]1c1cccn1-c1ccc(O)cc1. The summed E-state index contributed by atoms with van der Waals surface area (Å²) in [6.07, 6.45) is 3.75. The van der Waals surface area contributed by atoms with Crippen molar-refractivity contribution >= 4 is 17.3 Å². The largest absolute Gasteiger partial charge is 0.508 e. The topological polar surface area (TPSA) is 73.5 Å². The number of β-amino-alcohol motifs (C(OH)–C–C–N with tert-alkyl or cyclic N) is 1. The highest BCUT2D eigenvalue weighted by atomic mass is 32.1. The second-order valence-corrected chi connectivity index (χ2v) is 6.75. The van der Waals surface area contributed by atoms with E-state index >= 15 is 0 Å². The molecule has 0 aliphatic carbocycles. The average molecular weight is 380 g/mol. The zero-order valence-electron chi connectivity index (χ0n) is 14.6. The van der Waals surface area contributed by atoms with Crippen LogP contribution in [0.2, 0.25) is 0 Å². The van der Waals surface area contributed by atoms with E-state index in [0.29, 0.717) is 11.7 Å². The van der Waals surface area contributed by atoms with E-state index in [1.54, 1.807) is 18.3 Å². The van der Waals surface area contributed by atoms with Crippen LogP contribution in [-0.2, 0) is 0 Å². The number of thiocarbonyl (C=S) groups is 1. The molecule has 3 heterocycles. The Morgan fingerprint density at radius 3 is 2.59 bits per heavy atom. The van der Waals surface area contributed by atoms with Gasteiger partial charge in [0.1, 0.15) is 5.75 Å². The molecule has 1 aliphatic rings. The van der Waals surface area contributed by atoms with E-state index in [1.165, 1.54) is 0 Å². The zero-order valence-corrected chi connectivity index (χ0v) is 15.4. The Morgan fingerprint density at radius 2 is 1.89 bits per heavy atom. The van der Waals surface area contributed by atoms with E-state index in [1.807, 2.05) is 53.6 Å². The number of aromatic hydroxyl groups is 1. The van der Waals surface area contributed by atoms with Crippen molar-refractivity contribution in [2.75, 3.05) is 13.2 Å². The maximum Gasteiger partial charge on any atom is 0.170 e. The van der Waals surface area contributed by atoms with Crippen molar-refractivity contribution in [3.05, 3.63) is 78.4 Å². The lowest BCUT2D eigenvalue weighted by molar-refractivity contribution is 0.220. The Bertz CT molecular complexity index is 927. The first kappa shape index (κ1) is 17.5. The van der Waals surface area contributed by atoms with Crippen molar-refractivity contribution in [2.24, 2.45) is 0 Å². The van der Waals surface area contributed by atoms with Crippen molar-refractivity contribution in [2.45, 2.75) is 12.1 Å². The monoisotopic (exact) mass is 380 g/mol. The third kappa shape index (κ3) is 3.27. The lowest BCUT2D eigenvalue weighted by atomic mass is 10.0. The molecular weight excluding hydrogens is 360 g/mol. The fourth-order valence-corrected chi connectivity index (χ4v) is 3.89. The molecule has 4 rings (SSSR count). The van der Waals surface area contributed by atoms with Crippen molar-refractivity contribution in [1.29, 1.82) is 0 Å². The number of rotatable bonds is 5. The number of phenols is 1. The summed E-state index contributed by atoms with van der Waals surface area (Å²) in [5.74, 6) is 0.226. The fourth-order valence-electron chi connectivity index (χ4n) is 3.56. The molecule has 0 saturated carbocycles. The molecule has 0 bridgehead atoms. The van der Waals surface area contributed by atoms with Crippen molar-refractivity contribution < 1.29 is 10.2 Å². The summed E-state index contributed by atoms with van der Waals surface area (Å²) in [5, 5.41) is 23.1. The van der Waals surface area contributed by atoms with Crippen LogP contribution in [0.15, 0.2) is 67.0 Å². The first-order valence-corrected chi connectivity index (χ1v) is 9.15. The Balaban J connectivity index is 1.80. The molecule has 7 heteroatoms. The second kappa shape index (κ2) is 7.38. The Morgan fingerprint density at radius 1 is 1.07 bits per heavy atom. The number of phenolic OH excluding ortho intramolecular Hbond substituents is 1. The summed E-state index contributed by atoms with van der Waals surface area (Å²) in [5.41, 5.74) is 2.86. The highest BCUT2D eigenvalue weighted by molar-refractivity contribution is 7.80. The number of aliphatic hydroxyl groups excluding tert-OH is 1. The van der Waals surface area contributed by atoms with E-state index in [9.17, 15) is 10.2 Å². The third-order valence-electron chi connectivity index (χ3n) is 4.75. The maximum absolute atomic E-state index is 9.59. The van der Waals surface area contributed by atoms with E-state index in [4.69, 9.17) is 12.2 Å². The summed E-state index contributed by atoms with van der Waals surface area (Å²) >= 11 is 5.54. The number of nitrogens with one attached hydrogen (secondary N) is 1. The van der Waals surface area contributed by atoms with Gasteiger partial charge in [-0.15, -0.1) is 0 Å². The molecule has 0 radical (unpaired) electrons. The van der Waals surface area contributed by atoms with Gasteiger partial charge in [0.2, 0.25) is 0 Å². The van der Waals surface area contributed by atoms with Gasteiger partial charge in [-0.2, -0.15) is 0 Å². The fraction of sp³-hybridized carbons (Fsp3) is 0.200. The molecular formula is C20H20N4O2S. The van der Waals surface area contributed by atoms with Gasteiger partial charge in [0.25, 0.3) is 0 Å². The van der Waals surface area contributed by atoms with Crippen molar-refractivity contribution in [1.82, 2.24) is 19.8 Å². The summed E-state index contributed by atoms with van der Waals surface area (Å²) in [7, 11) is 0. The summed E-state index contributed by atoms with van der Waals surface area (Å²) in [6.45, 7) is 0.438. The van der Waals surface area contributed by atoms with Crippen LogP contribution in [0.3, 0.4) is 0 Å². The molecule has 3 N–H and O–H groups in total. The van der Waals surface area contributed by atoms with Gasteiger partial charge >= 0.3 is 0 Å². The molecule has 138 valence electrons. The normalized spacial score (nSPS) is 19.3. The van der Waals surface area contributed by atoms with Crippen LogP contribution in [0.4, 0.5) is 0 Å². The number of nitrogens with zero attached hydrogens (tertiary/aromatic N) is 3. The van der Waals surface area contributed by atoms with Crippen LogP contribution in [0.5, 0.6) is 5.75 Å². The summed E-state index contributed by atoms with van der Waals surface area (Å²) in [6, 6.07) is 16.7. The van der Waals surface area contributed by atoms with E-state index in [-0.39, 0.29) is 24.4 Å². The zero-order chi connectivity index (χ0) is 18.8. The molecule has 0 amide bonds. The molecule has 27 heavy (non-hydrogen) atoms. The predicted octanol–water partition coefficient (Wildman–Crippen LogP) is 2.54. The molecule has 1 fully saturated rings. The van der Waals surface area contributed by atoms with Crippen LogP contribution in [0.1, 0.15) is 23.5 Å². The molecule has 2 aromatic heterocycles. The molecule has 0 spiro atoms. The van der Waals surface area contributed by atoms with Crippen LogP contribution >= 0.6 is 12.2 Å². The minimum Gasteiger partial charge on any atom is -0.508 e. The first-order chi connectivity index (χ1) is 13.2. The van der Waals surface area contributed by atoms with Crippen LogP contribution in [0.25, 0.3) is 5.69 Å². The number of hydrogen-bond acceptors (Lipinski definition) is 4. The van der Waals surface area contributed by atoms with Crippen LogP contribution in [0, 0.1) is 0 Å². The van der Waals surface area contributed by atoms with Gasteiger partial charge in [0.05, 0.1) is 24.4 Å².